The van der Waals surface area contributed by atoms with E-state index in [1.165, 1.54) is 18.2 Å². The molecule has 1 N–H and O–H groups in total. The zero-order valence-corrected chi connectivity index (χ0v) is 11.7. The van der Waals surface area contributed by atoms with Crippen LogP contribution >= 0.6 is 0 Å². The lowest BCUT2D eigenvalue weighted by Gasteiger charge is -2.19. The highest BCUT2D eigenvalue weighted by Gasteiger charge is 2.19. The second kappa shape index (κ2) is 6.61. The maximum atomic E-state index is 13.8. The van der Waals surface area contributed by atoms with Crippen molar-refractivity contribution in [3.05, 3.63) is 53.6 Å². The Morgan fingerprint density at radius 1 is 1.30 bits per heavy atom. The predicted molar refractivity (Wildman–Crippen MR) is 74.3 cm³/mol. The topological polar surface area (TPSA) is 29.9 Å². The molecular weight excluding hydrogens is 260 g/mol. The van der Waals surface area contributed by atoms with Crippen LogP contribution in [0, 0.1) is 11.6 Å². The summed E-state index contributed by atoms with van der Waals surface area (Å²) in [5.74, 6) is -0.244. The summed E-state index contributed by atoms with van der Waals surface area (Å²) >= 11 is 0. The zero-order chi connectivity index (χ0) is 14.5. The summed E-state index contributed by atoms with van der Waals surface area (Å²) < 4.78 is 29.4. The Labute approximate surface area is 117 Å². The lowest BCUT2D eigenvalue weighted by molar-refractivity contribution is 0.465. The van der Waals surface area contributed by atoms with E-state index in [4.69, 9.17) is 0 Å². The van der Waals surface area contributed by atoms with E-state index in [0.29, 0.717) is 0 Å². The van der Waals surface area contributed by atoms with Crippen molar-refractivity contribution in [2.45, 2.75) is 25.8 Å². The first kappa shape index (κ1) is 14.7. The van der Waals surface area contributed by atoms with Gasteiger partial charge in [-0.1, -0.05) is 13.0 Å². The third-order valence-corrected chi connectivity index (χ3v) is 3.28. The fraction of sp³-hybridized carbons (Fsp3) is 0.400. The van der Waals surface area contributed by atoms with Crippen LogP contribution in [0.4, 0.5) is 8.78 Å². The highest BCUT2D eigenvalue weighted by molar-refractivity contribution is 5.22. The van der Waals surface area contributed by atoms with Crippen LogP contribution in [0.2, 0.25) is 0 Å². The normalized spacial score (nSPS) is 12.6. The molecule has 1 unspecified atom stereocenters. The molecule has 20 heavy (non-hydrogen) atoms. The third-order valence-electron chi connectivity index (χ3n) is 3.28. The second-order valence-corrected chi connectivity index (χ2v) is 4.81. The van der Waals surface area contributed by atoms with Crippen LogP contribution in [0.1, 0.15) is 30.8 Å². The van der Waals surface area contributed by atoms with Crippen LogP contribution in [-0.4, -0.2) is 16.1 Å². The molecule has 0 saturated carbocycles. The summed E-state index contributed by atoms with van der Waals surface area (Å²) in [6, 6.07) is 3.74. The Balaban J connectivity index is 2.26. The molecule has 0 amide bonds. The van der Waals surface area contributed by atoms with Gasteiger partial charge in [-0.25, -0.2) is 13.8 Å². The number of hydrogen-bond acceptors (Lipinski definition) is 2. The quantitative estimate of drug-likeness (QED) is 0.881. The molecule has 1 heterocycles. The number of imidazole rings is 1. The Morgan fingerprint density at radius 2 is 2.00 bits per heavy atom. The van der Waals surface area contributed by atoms with E-state index in [9.17, 15) is 8.78 Å². The Hall–Kier alpha value is -1.75. The van der Waals surface area contributed by atoms with Gasteiger partial charge < -0.3 is 9.88 Å². The molecule has 108 valence electrons. The lowest BCUT2D eigenvalue weighted by atomic mass is 10.0. The molecule has 0 radical (unpaired) electrons. The van der Waals surface area contributed by atoms with Crippen molar-refractivity contribution in [1.29, 1.82) is 0 Å². The Morgan fingerprint density at radius 3 is 2.55 bits per heavy atom. The maximum absolute atomic E-state index is 13.8. The highest BCUT2D eigenvalue weighted by atomic mass is 19.1. The van der Waals surface area contributed by atoms with Crippen LogP contribution in [0.3, 0.4) is 0 Å². The van der Waals surface area contributed by atoms with Gasteiger partial charge in [-0.05, 0) is 25.1 Å². The van der Waals surface area contributed by atoms with Gasteiger partial charge in [-0.15, -0.1) is 0 Å². The zero-order valence-electron chi connectivity index (χ0n) is 11.7. The number of benzene rings is 1. The monoisotopic (exact) mass is 279 g/mol. The highest BCUT2D eigenvalue weighted by Crippen LogP contribution is 2.21. The first-order valence-corrected chi connectivity index (χ1v) is 6.77. The number of halogens is 2. The van der Waals surface area contributed by atoms with Gasteiger partial charge in [0.25, 0.3) is 0 Å². The van der Waals surface area contributed by atoms with E-state index in [1.807, 2.05) is 24.7 Å². The van der Waals surface area contributed by atoms with Crippen LogP contribution in [-0.2, 0) is 13.5 Å². The maximum Gasteiger partial charge on any atom is 0.129 e. The summed E-state index contributed by atoms with van der Waals surface area (Å²) in [7, 11) is 1.88. The average molecular weight is 279 g/mol. The molecular formula is C15H19F2N3. The van der Waals surface area contributed by atoms with E-state index in [-0.39, 0.29) is 18.0 Å². The molecule has 0 aliphatic rings. The number of nitrogens with one attached hydrogen (secondary N) is 1. The molecule has 0 aliphatic carbocycles. The number of nitrogens with zero attached hydrogens (tertiary/aromatic N) is 2. The molecule has 1 aromatic carbocycles. The molecule has 2 aromatic rings. The molecule has 5 heteroatoms. The molecule has 0 saturated heterocycles. The minimum absolute atomic E-state index is 0.101. The molecule has 1 aromatic heterocycles. The number of aromatic nitrogens is 2. The van der Waals surface area contributed by atoms with Gasteiger partial charge in [0, 0.05) is 31.4 Å². The van der Waals surface area contributed by atoms with E-state index in [1.54, 1.807) is 6.20 Å². The summed E-state index contributed by atoms with van der Waals surface area (Å²) in [5, 5.41) is 3.30. The number of hydrogen-bond donors (Lipinski definition) is 1. The molecule has 0 spiro atoms. The van der Waals surface area contributed by atoms with Crippen molar-refractivity contribution < 1.29 is 8.78 Å². The average Bonchev–Trinajstić information content (AvgIpc) is 2.84. The first-order chi connectivity index (χ1) is 9.63. The van der Waals surface area contributed by atoms with Crippen molar-refractivity contribution in [3.63, 3.8) is 0 Å². The van der Waals surface area contributed by atoms with Gasteiger partial charge in [0.05, 0.1) is 6.04 Å². The molecule has 0 bridgehead atoms. The van der Waals surface area contributed by atoms with E-state index in [0.717, 1.165) is 18.8 Å². The van der Waals surface area contributed by atoms with E-state index in [2.05, 4.69) is 10.3 Å². The Kier molecular flexibility index (Phi) is 4.84. The third kappa shape index (κ3) is 3.22. The van der Waals surface area contributed by atoms with Gasteiger partial charge in [-0.2, -0.15) is 0 Å². The SMILES string of the molecule is CCCNC(Cc1c(F)cccc1F)c1nccn1C. The van der Waals surface area contributed by atoms with Crippen molar-refractivity contribution in [2.24, 2.45) is 7.05 Å². The number of rotatable bonds is 6. The minimum Gasteiger partial charge on any atom is -0.337 e. The van der Waals surface area contributed by atoms with Gasteiger partial charge in [-0.3, -0.25) is 0 Å². The van der Waals surface area contributed by atoms with Gasteiger partial charge >= 0.3 is 0 Å². The van der Waals surface area contributed by atoms with Crippen molar-refractivity contribution in [2.75, 3.05) is 6.54 Å². The van der Waals surface area contributed by atoms with Crippen molar-refractivity contribution >= 4 is 0 Å². The molecule has 0 fully saturated rings. The van der Waals surface area contributed by atoms with Gasteiger partial charge in [0.2, 0.25) is 0 Å². The largest absolute Gasteiger partial charge is 0.337 e. The fourth-order valence-corrected chi connectivity index (χ4v) is 2.22. The molecule has 0 aliphatic heterocycles. The van der Waals surface area contributed by atoms with Gasteiger partial charge in [0.1, 0.15) is 17.5 Å². The summed E-state index contributed by atoms with van der Waals surface area (Å²) in [6.45, 7) is 2.82. The lowest BCUT2D eigenvalue weighted by Crippen LogP contribution is -2.27. The summed E-state index contributed by atoms with van der Waals surface area (Å²) in [4.78, 5) is 4.28. The predicted octanol–water partition coefficient (Wildman–Crippen LogP) is 2.98. The van der Waals surface area contributed by atoms with Crippen LogP contribution in [0.15, 0.2) is 30.6 Å². The standard InChI is InChI=1S/C15H19F2N3/c1-3-7-18-14(15-19-8-9-20(15)2)10-11-12(16)5-4-6-13(11)17/h4-6,8-9,14,18H,3,7,10H2,1-2H3. The van der Waals surface area contributed by atoms with Crippen LogP contribution in [0.5, 0.6) is 0 Å². The van der Waals surface area contributed by atoms with Crippen molar-refractivity contribution in [1.82, 2.24) is 14.9 Å². The second-order valence-electron chi connectivity index (χ2n) is 4.81. The first-order valence-electron chi connectivity index (χ1n) is 6.77. The fourth-order valence-electron chi connectivity index (χ4n) is 2.22. The van der Waals surface area contributed by atoms with Crippen LogP contribution < -0.4 is 5.32 Å². The van der Waals surface area contributed by atoms with Crippen molar-refractivity contribution in [3.8, 4) is 0 Å². The van der Waals surface area contributed by atoms with E-state index < -0.39 is 11.6 Å². The molecule has 2 rings (SSSR count). The van der Waals surface area contributed by atoms with E-state index >= 15 is 0 Å². The van der Waals surface area contributed by atoms with Crippen LogP contribution in [0.25, 0.3) is 0 Å². The summed E-state index contributed by atoms with van der Waals surface area (Å²) in [5.41, 5.74) is 0.101. The number of aryl methyl sites for hydroxylation is 1. The smallest absolute Gasteiger partial charge is 0.129 e. The summed E-state index contributed by atoms with van der Waals surface area (Å²) in [6.07, 6.45) is 4.70. The minimum atomic E-state index is -0.512. The molecule has 3 nitrogen and oxygen atoms in total. The van der Waals surface area contributed by atoms with Gasteiger partial charge in [0.15, 0.2) is 0 Å². The molecule has 1 atom stereocenters. The Bertz CT molecular complexity index is 546.